The second-order valence-electron chi connectivity index (χ2n) is 16.1. The van der Waals surface area contributed by atoms with E-state index in [2.05, 4.69) is 5.32 Å². The van der Waals surface area contributed by atoms with Crippen LogP contribution in [0.2, 0.25) is 0 Å². The molecule has 1 aromatic heterocycles. The van der Waals surface area contributed by atoms with Gasteiger partial charge in [-0.3, -0.25) is 14.4 Å². The van der Waals surface area contributed by atoms with Gasteiger partial charge < -0.3 is 44.4 Å². The van der Waals surface area contributed by atoms with Crippen molar-refractivity contribution in [1.82, 2.24) is 4.98 Å². The first kappa shape index (κ1) is 42.5. The molecule has 0 fully saturated rings. The monoisotopic (exact) mass is 798 g/mol. The van der Waals surface area contributed by atoms with E-state index in [4.69, 9.17) is 23.6 Å². The lowest BCUT2D eigenvalue weighted by atomic mass is 9.78. The van der Waals surface area contributed by atoms with E-state index in [0.717, 1.165) is 16.7 Å². The van der Waals surface area contributed by atoms with Crippen LogP contribution >= 0.6 is 0 Å². The molecule has 5 N–H and O–H groups in total. The number of nitrogens with zero attached hydrogens (tertiary/aromatic N) is 1. The maximum atomic E-state index is 14.6. The van der Waals surface area contributed by atoms with E-state index in [-0.39, 0.29) is 50.0 Å². The summed E-state index contributed by atoms with van der Waals surface area (Å²) in [6.07, 6.45) is 4.21. The number of fused-ring (bicyclic) bond motifs is 5. The molecule has 0 aliphatic carbocycles. The standard InChI is InChI=1S/C45H54N2O11/c1-12-27-22(5)21(4)18-28-41(27)57-42-33(46-28)30-31-38(51)26(9)40-32(30)43(53)45(10,58-40)56-17-16-29(55-11)23(6)36(49)25(8)37(50)24(7)35(48)19(2)14-13-15-20(3)44(54)47-34(42)39(31)52/h13-19,23-25,29,35-37,48-50,52H,12H2,1-11H3,(H,47,54)/b14-13+,17-16+,20-15-/t19-,23+,24+,25-,29-,35-,36+,37+,45-/m0/s1. The van der Waals surface area contributed by atoms with Crippen molar-refractivity contribution in [2.24, 2.45) is 23.7 Å². The summed E-state index contributed by atoms with van der Waals surface area (Å²) in [7, 11) is 1.45. The molecule has 13 heteroatoms. The van der Waals surface area contributed by atoms with E-state index in [9.17, 15) is 34.8 Å². The molecule has 13 nitrogen and oxygen atoms in total. The normalized spacial score (nSPS) is 30.6. The van der Waals surface area contributed by atoms with Gasteiger partial charge in [-0.1, -0.05) is 52.8 Å². The third-order valence-electron chi connectivity index (χ3n) is 12.4. The highest BCUT2D eigenvalue weighted by atomic mass is 16.7. The second kappa shape index (κ2) is 15.9. The highest BCUT2D eigenvalue weighted by Gasteiger charge is 2.49. The van der Waals surface area contributed by atoms with Crippen LogP contribution in [0.25, 0.3) is 33.0 Å². The summed E-state index contributed by atoms with van der Waals surface area (Å²) in [5, 5.41) is 48.4. The van der Waals surface area contributed by atoms with Crippen molar-refractivity contribution in [2.45, 2.75) is 106 Å². The van der Waals surface area contributed by atoms with E-state index in [1.165, 1.54) is 39.4 Å². The predicted molar refractivity (Wildman–Crippen MR) is 221 cm³/mol. The van der Waals surface area contributed by atoms with Gasteiger partial charge in [0.05, 0.1) is 41.6 Å². The number of amides is 1. The van der Waals surface area contributed by atoms with E-state index in [1.54, 1.807) is 46.8 Å². The van der Waals surface area contributed by atoms with Gasteiger partial charge in [0.15, 0.2) is 22.3 Å². The van der Waals surface area contributed by atoms with Crippen molar-refractivity contribution in [3.05, 3.63) is 80.2 Å². The number of hydrogen-bond donors (Lipinski definition) is 5. The lowest BCUT2D eigenvalue weighted by molar-refractivity contribution is -0.112. The number of aromatic nitrogens is 1. The number of nitrogens with one attached hydrogen (secondary N) is 1. The fourth-order valence-electron chi connectivity index (χ4n) is 8.28. The van der Waals surface area contributed by atoms with Gasteiger partial charge in [-0.15, -0.1) is 0 Å². The van der Waals surface area contributed by atoms with Crippen LogP contribution < -0.4 is 15.5 Å². The SMILES string of the molecule is CCc1c(C)c(C)cc2nc3c(oc12)c1c(O)c2c(=O)c(C)c4c(c23)C(=O)[C@@](C)(O/C=C/[C@H](OC)[C@@H](C)[C@@H](O)[C@H](C)[C@H](O)[C@H](C)[C@@H](O)[C@@H](C)/C=C/C=C(/C)C(=O)N1)O4. The number of hydrogen-bond acceptors (Lipinski definition) is 12. The molecule has 2 aliphatic rings. The third kappa shape index (κ3) is 6.97. The van der Waals surface area contributed by atoms with Crippen LogP contribution in [-0.2, 0) is 20.7 Å². The number of carbonyl (C=O) groups excluding carboxylic acids is 2. The molecule has 58 heavy (non-hydrogen) atoms. The van der Waals surface area contributed by atoms with Gasteiger partial charge in [0.1, 0.15) is 22.5 Å². The zero-order chi connectivity index (χ0) is 42.7. The first-order valence-corrected chi connectivity index (χ1v) is 19.7. The molecular weight excluding hydrogens is 744 g/mol. The number of rotatable bonds is 2. The zero-order valence-electron chi connectivity index (χ0n) is 34.9. The summed E-state index contributed by atoms with van der Waals surface area (Å²) in [5.41, 5.74) is 2.91. The van der Waals surface area contributed by atoms with Crippen molar-refractivity contribution < 1.29 is 48.6 Å². The number of allylic oxidation sites excluding steroid dienone is 2. The van der Waals surface area contributed by atoms with Gasteiger partial charge >= 0.3 is 5.79 Å². The Balaban J connectivity index is 1.64. The minimum absolute atomic E-state index is 0.0212. The smallest absolute Gasteiger partial charge is 0.312 e. The molecule has 3 heterocycles. The minimum atomic E-state index is -1.99. The molecule has 0 unspecified atom stereocenters. The molecule has 1 amide bonds. The number of ketones is 1. The fourth-order valence-corrected chi connectivity index (χ4v) is 8.28. The summed E-state index contributed by atoms with van der Waals surface area (Å²) < 4.78 is 24.5. The van der Waals surface area contributed by atoms with Gasteiger partial charge in [0, 0.05) is 54.2 Å². The van der Waals surface area contributed by atoms with Crippen LogP contribution in [0.1, 0.15) is 81.1 Å². The molecule has 0 spiro atoms. The third-order valence-corrected chi connectivity index (χ3v) is 12.4. The number of aliphatic hydroxyl groups is 3. The fraction of sp³-hybridized carbons (Fsp3) is 0.467. The predicted octanol–water partition coefficient (Wildman–Crippen LogP) is 6.61. The number of aryl methyl sites for hydroxylation is 2. The number of methoxy groups -OCH3 is 1. The van der Waals surface area contributed by atoms with Gasteiger partial charge in [-0.25, -0.2) is 4.98 Å². The molecule has 4 aromatic rings. The van der Waals surface area contributed by atoms with Crippen molar-refractivity contribution in [2.75, 3.05) is 12.4 Å². The molecule has 6 rings (SSSR count). The van der Waals surface area contributed by atoms with Crippen LogP contribution in [0.5, 0.6) is 11.5 Å². The number of Topliss-reactive ketones (excluding diaryl/α,β-unsaturated/α-hetero) is 1. The van der Waals surface area contributed by atoms with Crippen molar-refractivity contribution >= 4 is 50.3 Å². The number of anilines is 1. The maximum Gasteiger partial charge on any atom is 0.312 e. The second-order valence-corrected chi connectivity index (χ2v) is 16.1. The molecule has 9 atom stereocenters. The van der Waals surface area contributed by atoms with Gasteiger partial charge in [0.25, 0.3) is 11.7 Å². The van der Waals surface area contributed by atoms with Crippen LogP contribution in [0.3, 0.4) is 0 Å². The molecule has 5 bridgehead atoms. The molecule has 0 saturated carbocycles. The summed E-state index contributed by atoms with van der Waals surface area (Å²) in [6.45, 7) is 17.2. The van der Waals surface area contributed by atoms with E-state index < -0.39 is 76.7 Å². The lowest BCUT2D eigenvalue weighted by Crippen LogP contribution is -2.44. The molecule has 0 radical (unpaired) electrons. The van der Waals surface area contributed by atoms with E-state index in [0.29, 0.717) is 17.5 Å². The Bertz CT molecular complexity index is 2480. The number of aliphatic hydroxyl groups excluding tert-OH is 3. The highest BCUT2D eigenvalue weighted by molar-refractivity contribution is 6.26. The number of ether oxygens (including phenoxy) is 3. The Morgan fingerprint density at radius 3 is 2.21 bits per heavy atom. The van der Waals surface area contributed by atoms with Crippen LogP contribution in [0.4, 0.5) is 5.69 Å². The Labute approximate surface area is 337 Å². The van der Waals surface area contributed by atoms with E-state index in [1.807, 2.05) is 26.8 Å². The Morgan fingerprint density at radius 1 is 0.897 bits per heavy atom. The number of aromatic hydroxyl groups is 1. The van der Waals surface area contributed by atoms with Crippen LogP contribution in [0, 0.1) is 44.4 Å². The summed E-state index contributed by atoms with van der Waals surface area (Å²) in [5.74, 6) is -6.37. The molecule has 0 saturated heterocycles. The Hall–Kier alpha value is -5.08. The van der Waals surface area contributed by atoms with E-state index >= 15 is 0 Å². The van der Waals surface area contributed by atoms with Crippen molar-refractivity contribution in [1.29, 1.82) is 0 Å². The summed E-state index contributed by atoms with van der Waals surface area (Å²) in [4.78, 5) is 47.7. The van der Waals surface area contributed by atoms with Gasteiger partial charge in [-0.2, -0.15) is 0 Å². The summed E-state index contributed by atoms with van der Waals surface area (Å²) in [6, 6.07) is 1.84. The zero-order valence-corrected chi connectivity index (χ0v) is 34.9. The van der Waals surface area contributed by atoms with Crippen molar-refractivity contribution in [3.8, 4) is 11.5 Å². The quantitative estimate of drug-likeness (QED) is 0.0828. The average Bonchev–Trinajstić information content (AvgIpc) is 3.46. The average molecular weight is 799 g/mol. The van der Waals surface area contributed by atoms with Gasteiger partial charge in [0.2, 0.25) is 0 Å². The largest absolute Gasteiger partial charge is 0.505 e. The highest BCUT2D eigenvalue weighted by Crippen LogP contribution is 2.48. The number of benzene rings is 3. The molecule has 2 aliphatic heterocycles. The molecular formula is C45H54N2O11. The molecule has 310 valence electrons. The Kier molecular flexibility index (Phi) is 11.7. The minimum Gasteiger partial charge on any atom is -0.505 e. The first-order valence-electron chi connectivity index (χ1n) is 19.7. The summed E-state index contributed by atoms with van der Waals surface area (Å²) >= 11 is 0. The topological polar surface area (TPSA) is 198 Å². The number of phenols is 1. The first-order chi connectivity index (χ1) is 27.3. The van der Waals surface area contributed by atoms with Crippen molar-refractivity contribution in [3.63, 3.8) is 0 Å². The van der Waals surface area contributed by atoms with Gasteiger partial charge in [-0.05, 0) is 62.9 Å². The van der Waals surface area contributed by atoms with Crippen LogP contribution in [0.15, 0.2) is 51.4 Å². The van der Waals surface area contributed by atoms with Crippen LogP contribution in [-0.4, -0.2) is 74.4 Å². The molecule has 3 aromatic carbocycles. The number of phenolic OH excluding ortho intramolecular Hbond substituents is 1. The lowest BCUT2D eigenvalue weighted by Gasteiger charge is -2.36. The Morgan fingerprint density at radius 2 is 1.55 bits per heavy atom. The maximum absolute atomic E-state index is 14.6. The number of carbonyl (C=O) groups is 2.